The minimum atomic E-state index is -0.354. The van der Waals surface area contributed by atoms with Crippen LogP contribution in [0.4, 0.5) is 11.4 Å². The maximum Gasteiger partial charge on any atom is 0.274 e. The van der Waals surface area contributed by atoms with Gasteiger partial charge in [0, 0.05) is 36.3 Å². The second-order valence-corrected chi connectivity index (χ2v) is 4.69. The van der Waals surface area contributed by atoms with Crippen LogP contribution in [0.25, 0.3) is 0 Å². The zero-order valence-electron chi connectivity index (χ0n) is 11.9. The van der Waals surface area contributed by atoms with Crippen molar-refractivity contribution in [3.05, 3.63) is 51.6 Å². The molecule has 0 aliphatic heterocycles. The molecule has 6 nitrogen and oxygen atoms in total. The van der Waals surface area contributed by atoms with Crippen LogP contribution < -0.4 is 5.32 Å². The van der Waals surface area contributed by atoms with E-state index in [1.54, 1.807) is 19.2 Å². The van der Waals surface area contributed by atoms with E-state index in [9.17, 15) is 10.1 Å². The topological polar surface area (TPSA) is 73.0 Å². The van der Waals surface area contributed by atoms with Crippen molar-refractivity contribution in [1.82, 2.24) is 9.55 Å². The Bertz CT molecular complexity index is 634. The average Bonchev–Trinajstić information content (AvgIpc) is 2.84. The fourth-order valence-electron chi connectivity index (χ4n) is 2.20. The maximum absolute atomic E-state index is 11.0. The van der Waals surface area contributed by atoms with Gasteiger partial charge in [-0.2, -0.15) is 0 Å². The number of rotatable bonds is 5. The van der Waals surface area contributed by atoms with Crippen molar-refractivity contribution >= 4 is 11.4 Å². The molecule has 106 valence electrons. The summed E-state index contributed by atoms with van der Waals surface area (Å²) in [5, 5.41) is 14.2. The predicted molar refractivity (Wildman–Crippen MR) is 77.8 cm³/mol. The highest BCUT2D eigenvalue weighted by atomic mass is 16.6. The lowest BCUT2D eigenvalue weighted by Gasteiger charge is -2.11. The smallest absolute Gasteiger partial charge is 0.274 e. The third-order valence-electron chi connectivity index (χ3n) is 3.32. The molecule has 1 heterocycles. The van der Waals surface area contributed by atoms with Gasteiger partial charge in [0.15, 0.2) is 0 Å². The molecule has 1 N–H and O–H groups in total. The van der Waals surface area contributed by atoms with Crippen molar-refractivity contribution in [3.8, 4) is 0 Å². The molecule has 0 aliphatic rings. The van der Waals surface area contributed by atoms with Gasteiger partial charge in [-0.25, -0.2) is 4.98 Å². The van der Waals surface area contributed by atoms with E-state index in [-0.39, 0.29) is 10.6 Å². The third-order valence-corrected chi connectivity index (χ3v) is 3.32. The Balaban J connectivity index is 2.21. The van der Waals surface area contributed by atoms with E-state index < -0.39 is 0 Å². The largest absolute Gasteiger partial charge is 0.377 e. The second kappa shape index (κ2) is 5.73. The number of benzene rings is 1. The molecule has 0 amide bonds. The molecule has 0 saturated carbocycles. The number of anilines is 1. The number of aryl methyl sites for hydroxylation is 3. The fraction of sp³-hybridized carbons (Fsp3) is 0.357. The highest BCUT2D eigenvalue weighted by molar-refractivity contribution is 5.60. The molecule has 0 fully saturated rings. The first-order chi connectivity index (χ1) is 9.52. The fourth-order valence-corrected chi connectivity index (χ4v) is 2.20. The summed E-state index contributed by atoms with van der Waals surface area (Å²) < 4.78 is 2.03. The van der Waals surface area contributed by atoms with E-state index in [2.05, 4.69) is 10.3 Å². The summed E-state index contributed by atoms with van der Waals surface area (Å²) in [6.07, 6.45) is 3.67. The average molecular weight is 274 g/mol. The highest BCUT2D eigenvalue weighted by Gasteiger charge is 2.13. The number of imidazole rings is 1. The van der Waals surface area contributed by atoms with Gasteiger partial charge in [-0.3, -0.25) is 10.1 Å². The Morgan fingerprint density at radius 1 is 1.35 bits per heavy atom. The molecule has 0 bridgehead atoms. The molecule has 0 aliphatic carbocycles. The predicted octanol–water partition coefficient (Wildman–Crippen LogP) is 3.04. The van der Waals surface area contributed by atoms with Crippen molar-refractivity contribution in [3.63, 3.8) is 0 Å². The number of nitro groups is 1. The van der Waals surface area contributed by atoms with Crippen LogP contribution in [0.3, 0.4) is 0 Å². The summed E-state index contributed by atoms with van der Waals surface area (Å²) in [6.45, 7) is 7.13. The quantitative estimate of drug-likeness (QED) is 0.671. The lowest BCUT2D eigenvalue weighted by Crippen LogP contribution is -2.08. The van der Waals surface area contributed by atoms with Gasteiger partial charge in [-0.15, -0.1) is 0 Å². The molecule has 2 rings (SSSR count). The number of hydrogen-bond acceptors (Lipinski definition) is 4. The summed E-state index contributed by atoms with van der Waals surface area (Å²) in [7, 11) is 0. The molecule has 1 aromatic carbocycles. The summed E-state index contributed by atoms with van der Waals surface area (Å²) in [6, 6.07) is 3.41. The molecule has 1 aromatic heterocycles. The van der Waals surface area contributed by atoms with E-state index in [0.717, 1.165) is 23.6 Å². The van der Waals surface area contributed by atoms with Crippen LogP contribution in [-0.2, 0) is 13.1 Å². The molecule has 0 saturated heterocycles. The Labute approximate surface area is 117 Å². The summed E-state index contributed by atoms with van der Waals surface area (Å²) in [5.41, 5.74) is 2.57. The molecule has 0 unspecified atom stereocenters. The first kappa shape index (κ1) is 14.0. The van der Waals surface area contributed by atoms with Crippen LogP contribution >= 0.6 is 0 Å². The number of hydrogen-bond donors (Lipinski definition) is 1. The molecule has 6 heteroatoms. The van der Waals surface area contributed by atoms with Crippen LogP contribution in [0, 0.1) is 24.0 Å². The lowest BCUT2D eigenvalue weighted by molar-refractivity contribution is -0.385. The van der Waals surface area contributed by atoms with E-state index in [0.29, 0.717) is 12.1 Å². The minimum absolute atomic E-state index is 0.136. The number of nitrogens with zero attached hydrogens (tertiary/aromatic N) is 3. The summed E-state index contributed by atoms with van der Waals surface area (Å²) in [5.74, 6) is 0.912. The van der Waals surface area contributed by atoms with E-state index >= 15 is 0 Å². The van der Waals surface area contributed by atoms with E-state index in [1.165, 1.54) is 0 Å². The third kappa shape index (κ3) is 2.79. The Hall–Kier alpha value is -2.37. The number of aromatic nitrogens is 2. The van der Waals surface area contributed by atoms with Crippen LogP contribution in [-0.4, -0.2) is 14.5 Å². The van der Waals surface area contributed by atoms with Gasteiger partial charge in [0.1, 0.15) is 5.82 Å². The van der Waals surface area contributed by atoms with Crippen LogP contribution in [0.15, 0.2) is 24.5 Å². The zero-order valence-corrected chi connectivity index (χ0v) is 11.9. The van der Waals surface area contributed by atoms with Gasteiger partial charge in [-0.1, -0.05) is 0 Å². The van der Waals surface area contributed by atoms with Crippen LogP contribution in [0.2, 0.25) is 0 Å². The van der Waals surface area contributed by atoms with Crippen molar-refractivity contribution in [2.24, 2.45) is 0 Å². The van der Waals surface area contributed by atoms with Gasteiger partial charge in [0.25, 0.3) is 5.69 Å². The normalized spacial score (nSPS) is 10.6. The number of nitro benzene ring substituents is 1. The molecular formula is C14H18N4O2. The zero-order chi connectivity index (χ0) is 14.7. The highest BCUT2D eigenvalue weighted by Crippen LogP contribution is 2.26. The summed E-state index contributed by atoms with van der Waals surface area (Å²) >= 11 is 0. The Kier molecular flexibility index (Phi) is 4.02. The van der Waals surface area contributed by atoms with E-state index in [4.69, 9.17) is 0 Å². The van der Waals surface area contributed by atoms with Gasteiger partial charge < -0.3 is 9.88 Å². The van der Waals surface area contributed by atoms with Crippen molar-refractivity contribution in [2.75, 3.05) is 5.32 Å². The summed E-state index contributed by atoms with van der Waals surface area (Å²) in [4.78, 5) is 14.9. The molecule has 20 heavy (non-hydrogen) atoms. The van der Waals surface area contributed by atoms with E-state index in [1.807, 2.05) is 30.7 Å². The first-order valence-electron chi connectivity index (χ1n) is 6.52. The standard InChI is InChI=1S/C14H18N4O2/c1-4-17-6-5-15-14(17)9-16-12-8-13(18(19)20)11(3)7-10(12)2/h5-8,16H,4,9H2,1-3H3. The molecule has 0 spiro atoms. The van der Waals surface area contributed by atoms with Crippen LogP contribution in [0.5, 0.6) is 0 Å². The Morgan fingerprint density at radius 2 is 2.10 bits per heavy atom. The second-order valence-electron chi connectivity index (χ2n) is 4.69. The van der Waals surface area contributed by atoms with Crippen molar-refractivity contribution < 1.29 is 4.92 Å². The van der Waals surface area contributed by atoms with Crippen LogP contribution in [0.1, 0.15) is 23.9 Å². The molecule has 2 aromatic rings. The Morgan fingerprint density at radius 3 is 2.75 bits per heavy atom. The number of nitrogens with one attached hydrogen (secondary N) is 1. The molecule has 0 radical (unpaired) electrons. The van der Waals surface area contributed by atoms with Crippen molar-refractivity contribution in [1.29, 1.82) is 0 Å². The van der Waals surface area contributed by atoms with Gasteiger partial charge in [0.2, 0.25) is 0 Å². The van der Waals surface area contributed by atoms with Gasteiger partial charge in [-0.05, 0) is 32.4 Å². The molecular weight excluding hydrogens is 256 g/mol. The lowest BCUT2D eigenvalue weighted by atomic mass is 10.1. The van der Waals surface area contributed by atoms with Gasteiger partial charge >= 0.3 is 0 Å². The first-order valence-corrected chi connectivity index (χ1v) is 6.52. The molecule has 0 atom stereocenters. The van der Waals surface area contributed by atoms with Crippen molar-refractivity contribution in [2.45, 2.75) is 33.9 Å². The SMILES string of the molecule is CCn1ccnc1CNc1cc([N+](=O)[O-])c(C)cc1C. The van der Waals surface area contributed by atoms with Gasteiger partial charge in [0.05, 0.1) is 11.5 Å². The monoisotopic (exact) mass is 274 g/mol. The minimum Gasteiger partial charge on any atom is -0.377 e. The maximum atomic E-state index is 11.0.